The van der Waals surface area contributed by atoms with Gasteiger partial charge < -0.3 is 4.74 Å². The molecule has 5 nitrogen and oxygen atoms in total. The number of carbonyl (C=O) groups is 2. The van der Waals surface area contributed by atoms with Crippen LogP contribution in [-0.4, -0.2) is 16.9 Å². The molecule has 1 fully saturated rings. The van der Waals surface area contributed by atoms with Gasteiger partial charge in [0.05, 0.1) is 5.69 Å². The van der Waals surface area contributed by atoms with E-state index in [2.05, 4.69) is 5.32 Å². The Morgan fingerprint density at radius 1 is 1.00 bits per heavy atom. The molecule has 0 aliphatic carbocycles. The van der Waals surface area contributed by atoms with Gasteiger partial charge in [-0.05, 0) is 90.8 Å². The van der Waals surface area contributed by atoms with Crippen LogP contribution in [0.25, 0.3) is 16.2 Å². The fraction of sp³-hybridized carbons (Fsp3) is 0.0385. The van der Waals surface area contributed by atoms with Crippen molar-refractivity contribution in [1.82, 2.24) is 5.32 Å². The summed E-state index contributed by atoms with van der Waals surface area (Å²) in [6.07, 6.45) is 1.62. The number of aryl methyl sites for hydroxylation is 1. The van der Waals surface area contributed by atoms with E-state index in [-0.39, 0.29) is 10.7 Å². The Morgan fingerprint density at radius 2 is 1.71 bits per heavy atom. The zero-order chi connectivity index (χ0) is 23.8. The average Bonchev–Trinajstić information content (AvgIpc) is 3.13. The number of carbonyl (C=O) groups excluding carboxylic acids is 2. The Balaban J connectivity index is 1.46. The highest BCUT2D eigenvalue weighted by molar-refractivity contribution is 7.80. The van der Waals surface area contributed by atoms with E-state index in [1.54, 1.807) is 30.3 Å². The number of fused-ring (bicyclic) bond motifs is 1. The predicted octanol–water partition coefficient (Wildman–Crippen LogP) is 6.49. The van der Waals surface area contributed by atoms with E-state index >= 15 is 0 Å². The smallest absolute Gasteiger partial charge is 0.270 e. The average molecular weight is 505 g/mol. The highest BCUT2D eigenvalue weighted by Gasteiger charge is 2.34. The van der Waals surface area contributed by atoms with Crippen molar-refractivity contribution >= 4 is 73.9 Å². The van der Waals surface area contributed by atoms with E-state index in [4.69, 9.17) is 28.6 Å². The molecule has 34 heavy (non-hydrogen) atoms. The van der Waals surface area contributed by atoms with Crippen LogP contribution in [0.3, 0.4) is 0 Å². The summed E-state index contributed by atoms with van der Waals surface area (Å²) in [4.78, 5) is 28.2. The molecular formula is C26H17ClN2O3S2. The van der Waals surface area contributed by atoms with Crippen molar-refractivity contribution < 1.29 is 14.3 Å². The van der Waals surface area contributed by atoms with Gasteiger partial charge in [0.15, 0.2) is 5.11 Å². The van der Waals surface area contributed by atoms with Gasteiger partial charge in [0.1, 0.15) is 17.1 Å². The third-order valence-electron chi connectivity index (χ3n) is 5.39. The first-order chi connectivity index (χ1) is 16.4. The summed E-state index contributed by atoms with van der Waals surface area (Å²) in [5.41, 5.74) is 1.50. The molecule has 0 saturated carbocycles. The Hall–Kier alpha value is -3.52. The van der Waals surface area contributed by atoms with Gasteiger partial charge >= 0.3 is 0 Å². The molecule has 2 amide bonds. The molecule has 1 saturated heterocycles. The van der Waals surface area contributed by atoms with Gasteiger partial charge in [0.2, 0.25) is 0 Å². The second-order valence-electron chi connectivity index (χ2n) is 7.60. The van der Waals surface area contributed by atoms with Crippen LogP contribution in [0, 0.1) is 6.92 Å². The van der Waals surface area contributed by atoms with E-state index in [0.717, 1.165) is 20.5 Å². The van der Waals surface area contributed by atoms with E-state index < -0.39 is 11.8 Å². The molecule has 0 unspecified atom stereocenters. The molecule has 1 N–H and O–H groups in total. The van der Waals surface area contributed by atoms with Crippen LogP contribution < -0.4 is 15.0 Å². The molecule has 5 rings (SSSR count). The maximum absolute atomic E-state index is 13.4. The maximum Gasteiger partial charge on any atom is 0.270 e. The Bertz CT molecular complexity index is 1480. The second kappa shape index (κ2) is 9.02. The molecule has 0 spiro atoms. The van der Waals surface area contributed by atoms with E-state index in [1.165, 1.54) is 16.2 Å². The first-order valence-corrected chi connectivity index (χ1v) is 11.9. The number of amides is 2. The minimum atomic E-state index is -0.523. The molecule has 8 heteroatoms. The summed E-state index contributed by atoms with van der Waals surface area (Å²) in [6, 6.07) is 22.0. The van der Waals surface area contributed by atoms with Crippen molar-refractivity contribution in [1.29, 1.82) is 0 Å². The minimum absolute atomic E-state index is 0.0129. The number of thiocarbonyl (C=S) groups is 1. The van der Waals surface area contributed by atoms with Gasteiger partial charge in [-0.15, -0.1) is 11.3 Å². The van der Waals surface area contributed by atoms with Crippen LogP contribution >= 0.6 is 35.2 Å². The van der Waals surface area contributed by atoms with Crippen molar-refractivity contribution in [2.24, 2.45) is 0 Å². The lowest BCUT2D eigenvalue weighted by Crippen LogP contribution is -2.54. The third kappa shape index (κ3) is 4.21. The highest BCUT2D eigenvalue weighted by atomic mass is 35.5. The number of thiophene rings is 1. The molecule has 1 aromatic heterocycles. The van der Waals surface area contributed by atoms with Crippen molar-refractivity contribution in [2.45, 2.75) is 6.92 Å². The maximum atomic E-state index is 13.4. The van der Waals surface area contributed by atoms with Crippen LogP contribution in [-0.2, 0) is 9.59 Å². The number of benzene rings is 3. The van der Waals surface area contributed by atoms with Crippen LogP contribution in [0.1, 0.15) is 10.4 Å². The number of anilines is 1. The quantitative estimate of drug-likeness (QED) is 0.196. The molecule has 0 bridgehead atoms. The molecule has 0 radical (unpaired) electrons. The number of hydrogen-bond acceptors (Lipinski definition) is 5. The van der Waals surface area contributed by atoms with Crippen molar-refractivity contribution in [3.05, 3.63) is 93.8 Å². The van der Waals surface area contributed by atoms with Gasteiger partial charge in [-0.1, -0.05) is 29.8 Å². The Kier molecular flexibility index (Phi) is 5.91. The molecule has 3 aromatic carbocycles. The largest absolute Gasteiger partial charge is 0.457 e. The van der Waals surface area contributed by atoms with E-state index in [9.17, 15) is 9.59 Å². The van der Waals surface area contributed by atoms with Gasteiger partial charge in [0, 0.05) is 14.6 Å². The standard InChI is InChI=1S/C26H17ClN2O3S2/c1-15-20-13-16(27)7-12-22(20)34-23(15)14-21-24(30)28-26(33)29(25(21)31)17-8-10-19(11-9-17)32-18-5-3-2-4-6-18/h2-14H,1H3,(H,28,30,33). The zero-order valence-corrected chi connectivity index (χ0v) is 20.3. The number of nitrogens with zero attached hydrogens (tertiary/aromatic N) is 1. The van der Waals surface area contributed by atoms with Gasteiger partial charge in [-0.3, -0.25) is 19.8 Å². The molecule has 1 aliphatic heterocycles. The monoisotopic (exact) mass is 504 g/mol. The molecular weight excluding hydrogens is 488 g/mol. The van der Waals surface area contributed by atoms with Crippen molar-refractivity contribution in [2.75, 3.05) is 4.90 Å². The highest BCUT2D eigenvalue weighted by Crippen LogP contribution is 2.35. The molecule has 168 valence electrons. The van der Waals surface area contributed by atoms with Crippen molar-refractivity contribution in [3.63, 3.8) is 0 Å². The first kappa shape index (κ1) is 22.3. The minimum Gasteiger partial charge on any atom is -0.457 e. The SMILES string of the molecule is Cc1c(C=C2C(=O)NC(=S)N(c3ccc(Oc4ccccc4)cc3)C2=O)sc2ccc(Cl)cc12. The van der Waals surface area contributed by atoms with Gasteiger partial charge in [0.25, 0.3) is 11.8 Å². The number of para-hydroxylation sites is 1. The van der Waals surface area contributed by atoms with E-state index in [0.29, 0.717) is 22.2 Å². The fourth-order valence-corrected chi connectivity index (χ4v) is 5.25. The van der Waals surface area contributed by atoms with Gasteiger partial charge in [-0.2, -0.15) is 0 Å². The van der Waals surface area contributed by atoms with Crippen LogP contribution in [0.15, 0.2) is 78.4 Å². The summed E-state index contributed by atoms with van der Waals surface area (Å²) in [6.45, 7) is 1.95. The van der Waals surface area contributed by atoms with E-state index in [1.807, 2.05) is 55.5 Å². The van der Waals surface area contributed by atoms with Crippen LogP contribution in [0.5, 0.6) is 11.5 Å². The third-order valence-corrected chi connectivity index (χ3v) is 7.13. The fourth-order valence-electron chi connectivity index (χ4n) is 3.66. The summed E-state index contributed by atoms with van der Waals surface area (Å²) in [7, 11) is 0. The molecule has 4 aromatic rings. The first-order valence-electron chi connectivity index (χ1n) is 10.3. The normalized spacial score (nSPS) is 15.2. The molecule has 2 heterocycles. The van der Waals surface area contributed by atoms with Crippen LogP contribution in [0.2, 0.25) is 5.02 Å². The van der Waals surface area contributed by atoms with Crippen LogP contribution in [0.4, 0.5) is 5.69 Å². The van der Waals surface area contributed by atoms with Crippen molar-refractivity contribution in [3.8, 4) is 11.5 Å². The zero-order valence-electron chi connectivity index (χ0n) is 17.9. The Labute approximate surface area is 210 Å². The number of nitrogens with one attached hydrogen (secondary N) is 1. The number of hydrogen-bond donors (Lipinski definition) is 1. The lowest BCUT2D eigenvalue weighted by molar-refractivity contribution is -0.122. The summed E-state index contributed by atoms with van der Waals surface area (Å²) >= 11 is 12.9. The lowest BCUT2D eigenvalue weighted by atomic mass is 10.1. The summed E-state index contributed by atoms with van der Waals surface area (Å²) < 4.78 is 6.84. The number of ether oxygens (including phenoxy) is 1. The topological polar surface area (TPSA) is 58.6 Å². The Morgan fingerprint density at radius 3 is 2.44 bits per heavy atom. The second-order valence-corrected chi connectivity index (χ2v) is 9.51. The number of rotatable bonds is 4. The lowest BCUT2D eigenvalue weighted by Gasteiger charge is -2.29. The van der Waals surface area contributed by atoms with Gasteiger partial charge in [-0.25, -0.2) is 0 Å². The molecule has 1 aliphatic rings. The molecule has 0 atom stereocenters. The predicted molar refractivity (Wildman–Crippen MR) is 141 cm³/mol. The summed E-state index contributed by atoms with van der Waals surface area (Å²) in [5.74, 6) is 0.313. The number of halogens is 1. The summed E-state index contributed by atoms with van der Waals surface area (Å²) in [5, 5.41) is 4.29.